The third kappa shape index (κ3) is 4.85. The molecular formula is C22H31N3O3. The van der Waals surface area contributed by atoms with Crippen LogP contribution >= 0.6 is 0 Å². The molecule has 6 heteroatoms. The molecule has 1 fully saturated rings. The van der Waals surface area contributed by atoms with Gasteiger partial charge in [-0.1, -0.05) is 17.3 Å². The van der Waals surface area contributed by atoms with Crippen LogP contribution in [0.25, 0.3) is 0 Å². The lowest BCUT2D eigenvalue weighted by Gasteiger charge is -2.34. The summed E-state index contributed by atoms with van der Waals surface area (Å²) < 4.78 is 5.68. The number of ether oxygens (including phenoxy) is 1. The van der Waals surface area contributed by atoms with Gasteiger partial charge in [-0.25, -0.2) is 0 Å². The van der Waals surface area contributed by atoms with Crippen LogP contribution in [0.15, 0.2) is 29.4 Å². The van der Waals surface area contributed by atoms with Crippen molar-refractivity contribution in [2.75, 3.05) is 50.8 Å². The SMILES string of the molecule is O=C1CCN(CCCN2CCC(CCOC3=NOCC3)CC2)c2ccccc21. The zero-order valence-electron chi connectivity index (χ0n) is 16.6. The number of ketones is 1. The number of oxime groups is 1. The first-order valence-corrected chi connectivity index (χ1v) is 10.7. The maximum atomic E-state index is 12.1. The molecule has 1 saturated heterocycles. The van der Waals surface area contributed by atoms with Crippen molar-refractivity contribution in [1.82, 2.24) is 4.90 Å². The highest BCUT2D eigenvalue weighted by molar-refractivity contribution is 6.03. The summed E-state index contributed by atoms with van der Waals surface area (Å²) in [5, 5.41) is 3.88. The first-order chi connectivity index (χ1) is 13.8. The Morgan fingerprint density at radius 1 is 1.11 bits per heavy atom. The Labute approximate surface area is 167 Å². The first-order valence-electron chi connectivity index (χ1n) is 10.7. The molecule has 0 amide bonds. The standard InChI is InChI=1S/C22H31N3O3/c26-21-8-15-25(20-5-2-1-4-19(20)21)12-3-11-24-13-6-18(7-14-24)9-16-27-22-10-17-28-23-22/h1-2,4-5,18H,3,6-17H2. The van der Waals surface area contributed by atoms with Crippen LogP contribution in [0, 0.1) is 5.92 Å². The van der Waals surface area contributed by atoms with Crippen LogP contribution in [0.5, 0.6) is 0 Å². The summed E-state index contributed by atoms with van der Waals surface area (Å²) in [5.74, 6) is 1.81. The van der Waals surface area contributed by atoms with Crippen LogP contribution in [0.1, 0.15) is 48.9 Å². The van der Waals surface area contributed by atoms with Crippen molar-refractivity contribution >= 4 is 17.4 Å². The highest BCUT2D eigenvalue weighted by Gasteiger charge is 2.23. The summed E-state index contributed by atoms with van der Waals surface area (Å²) in [5.41, 5.74) is 2.02. The summed E-state index contributed by atoms with van der Waals surface area (Å²) in [6.07, 6.45) is 6.24. The van der Waals surface area contributed by atoms with E-state index >= 15 is 0 Å². The molecular weight excluding hydrogens is 354 g/mol. The van der Waals surface area contributed by atoms with Gasteiger partial charge in [-0.15, -0.1) is 0 Å². The van der Waals surface area contributed by atoms with Crippen molar-refractivity contribution < 1.29 is 14.4 Å². The van der Waals surface area contributed by atoms with Gasteiger partial charge in [0.2, 0.25) is 5.90 Å². The Morgan fingerprint density at radius 2 is 1.96 bits per heavy atom. The number of benzene rings is 1. The Balaban J connectivity index is 1.13. The largest absolute Gasteiger partial charge is 0.479 e. The molecule has 0 bridgehead atoms. The lowest BCUT2D eigenvalue weighted by molar-refractivity contribution is 0.0979. The van der Waals surface area contributed by atoms with Crippen molar-refractivity contribution in [3.63, 3.8) is 0 Å². The molecule has 1 aromatic carbocycles. The molecule has 0 unspecified atom stereocenters. The number of likely N-dealkylation sites (tertiary alicyclic amines) is 1. The van der Waals surface area contributed by atoms with Crippen molar-refractivity contribution in [1.29, 1.82) is 0 Å². The van der Waals surface area contributed by atoms with E-state index in [1.807, 2.05) is 18.2 Å². The van der Waals surface area contributed by atoms with E-state index < -0.39 is 0 Å². The van der Waals surface area contributed by atoms with E-state index in [4.69, 9.17) is 9.57 Å². The summed E-state index contributed by atoms with van der Waals surface area (Å²) in [6.45, 7) is 6.82. The maximum absolute atomic E-state index is 12.1. The van der Waals surface area contributed by atoms with Gasteiger partial charge in [0.1, 0.15) is 6.61 Å². The third-order valence-electron chi connectivity index (χ3n) is 6.13. The zero-order chi connectivity index (χ0) is 19.2. The molecule has 3 aliphatic rings. The van der Waals surface area contributed by atoms with Gasteiger partial charge in [-0.2, -0.15) is 0 Å². The number of fused-ring (bicyclic) bond motifs is 1. The van der Waals surface area contributed by atoms with Crippen LogP contribution in [0.4, 0.5) is 5.69 Å². The van der Waals surface area contributed by atoms with Crippen molar-refractivity contribution in [2.24, 2.45) is 11.1 Å². The third-order valence-corrected chi connectivity index (χ3v) is 6.13. The van der Waals surface area contributed by atoms with E-state index in [9.17, 15) is 4.79 Å². The van der Waals surface area contributed by atoms with Crippen molar-refractivity contribution in [3.05, 3.63) is 29.8 Å². The normalized spacial score (nSPS) is 20.6. The lowest BCUT2D eigenvalue weighted by atomic mass is 9.94. The second-order valence-corrected chi connectivity index (χ2v) is 8.02. The van der Waals surface area contributed by atoms with E-state index in [0.717, 1.165) is 68.6 Å². The molecule has 1 aromatic rings. The van der Waals surface area contributed by atoms with Crippen molar-refractivity contribution in [2.45, 2.75) is 38.5 Å². The molecule has 152 valence electrons. The minimum atomic E-state index is 0.283. The Kier molecular flexibility index (Phi) is 6.47. The zero-order valence-corrected chi connectivity index (χ0v) is 16.6. The lowest BCUT2D eigenvalue weighted by Crippen LogP contribution is -2.38. The number of rotatable bonds is 7. The van der Waals surface area contributed by atoms with Gasteiger partial charge < -0.3 is 19.4 Å². The van der Waals surface area contributed by atoms with Crippen LogP contribution in [-0.4, -0.2) is 62.5 Å². The highest BCUT2D eigenvalue weighted by atomic mass is 16.7. The molecule has 6 nitrogen and oxygen atoms in total. The van der Waals surface area contributed by atoms with Crippen LogP contribution in [-0.2, 0) is 9.57 Å². The predicted octanol–water partition coefficient (Wildman–Crippen LogP) is 3.32. The molecule has 4 rings (SSSR count). The van der Waals surface area contributed by atoms with E-state index in [0.29, 0.717) is 13.0 Å². The van der Waals surface area contributed by atoms with Crippen LogP contribution in [0.3, 0.4) is 0 Å². The van der Waals surface area contributed by atoms with Crippen LogP contribution < -0.4 is 4.90 Å². The number of piperidine rings is 1. The average molecular weight is 386 g/mol. The number of nitrogens with zero attached hydrogens (tertiary/aromatic N) is 3. The molecule has 0 aromatic heterocycles. The molecule has 0 aliphatic carbocycles. The molecule has 0 radical (unpaired) electrons. The second-order valence-electron chi connectivity index (χ2n) is 8.02. The fourth-order valence-electron chi connectivity index (χ4n) is 4.43. The average Bonchev–Trinajstić information content (AvgIpc) is 3.25. The fraction of sp³-hybridized carbons (Fsp3) is 0.636. The van der Waals surface area contributed by atoms with E-state index in [2.05, 4.69) is 21.0 Å². The van der Waals surface area contributed by atoms with Gasteiger partial charge in [-0.05, 0) is 63.4 Å². The molecule has 0 N–H and O–H groups in total. The number of carbonyl (C=O) groups is 1. The second kappa shape index (κ2) is 9.41. The Bertz CT molecular complexity index is 698. The van der Waals surface area contributed by atoms with Gasteiger partial charge >= 0.3 is 0 Å². The first kappa shape index (κ1) is 19.2. The summed E-state index contributed by atoms with van der Waals surface area (Å²) in [6, 6.07) is 8.05. The number of carbonyl (C=O) groups excluding carboxylic acids is 1. The monoisotopic (exact) mass is 385 g/mol. The molecule has 0 spiro atoms. The Hall–Kier alpha value is -2.08. The smallest absolute Gasteiger partial charge is 0.229 e. The number of hydrogen-bond acceptors (Lipinski definition) is 6. The maximum Gasteiger partial charge on any atom is 0.229 e. The minimum Gasteiger partial charge on any atom is -0.479 e. The molecule has 0 saturated carbocycles. The summed E-state index contributed by atoms with van der Waals surface area (Å²) >= 11 is 0. The predicted molar refractivity (Wildman–Crippen MR) is 110 cm³/mol. The Morgan fingerprint density at radius 3 is 2.79 bits per heavy atom. The topological polar surface area (TPSA) is 54.4 Å². The molecule has 0 atom stereocenters. The molecule has 3 aliphatic heterocycles. The molecule has 3 heterocycles. The summed E-state index contributed by atoms with van der Waals surface area (Å²) in [4.78, 5) is 22.0. The molecule has 28 heavy (non-hydrogen) atoms. The number of Topliss-reactive ketones (excluding diaryl/α,β-unsaturated/α-hetero) is 1. The van der Waals surface area contributed by atoms with E-state index in [1.54, 1.807) is 0 Å². The quantitative estimate of drug-likeness (QED) is 0.721. The highest BCUT2D eigenvalue weighted by Crippen LogP contribution is 2.27. The fourth-order valence-corrected chi connectivity index (χ4v) is 4.43. The van der Waals surface area contributed by atoms with E-state index in [-0.39, 0.29) is 5.78 Å². The van der Waals surface area contributed by atoms with Gasteiger partial charge in [-0.3, -0.25) is 4.79 Å². The number of para-hydroxylation sites is 1. The van der Waals surface area contributed by atoms with Gasteiger partial charge in [0, 0.05) is 30.8 Å². The number of hydrogen-bond donors (Lipinski definition) is 0. The van der Waals surface area contributed by atoms with Gasteiger partial charge in [0.15, 0.2) is 5.78 Å². The number of anilines is 1. The van der Waals surface area contributed by atoms with Crippen LogP contribution in [0.2, 0.25) is 0 Å². The van der Waals surface area contributed by atoms with Crippen molar-refractivity contribution in [3.8, 4) is 0 Å². The summed E-state index contributed by atoms with van der Waals surface area (Å²) in [7, 11) is 0. The van der Waals surface area contributed by atoms with Gasteiger partial charge in [0.25, 0.3) is 0 Å². The minimum absolute atomic E-state index is 0.283. The van der Waals surface area contributed by atoms with Gasteiger partial charge in [0.05, 0.1) is 13.0 Å². The van der Waals surface area contributed by atoms with E-state index in [1.165, 1.54) is 25.9 Å².